The van der Waals surface area contributed by atoms with Crippen molar-refractivity contribution in [3.05, 3.63) is 71.8 Å². The summed E-state index contributed by atoms with van der Waals surface area (Å²) in [5, 5.41) is 0. The summed E-state index contributed by atoms with van der Waals surface area (Å²) in [5.74, 6) is -1.14. The van der Waals surface area contributed by atoms with Gasteiger partial charge in [-0.15, -0.1) is 0 Å². The van der Waals surface area contributed by atoms with Crippen LogP contribution in [0.1, 0.15) is 27.1 Å². The lowest BCUT2D eigenvalue weighted by atomic mass is 9.82. The number of rotatable bonds is 3. The average molecular weight is 393 g/mol. The van der Waals surface area contributed by atoms with Crippen molar-refractivity contribution in [3.63, 3.8) is 0 Å². The van der Waals surface area contributed by atoms with Crippen molar-refractivity contribution >= 4 is 17.8 Å². The van der Waals surface area contributed by atoms with E-state index in [1.165, 1.54) is 0 Å². The predicted molar refractivity (Wildman–Crippen MR) is 100 cm³/mol. The molecule has 0 aromatic heterocycles. The zero-order valence-corrected chi connectivity index (χ0v) is 15.5. The molecule has 0 radical (unpaired) electrons. The summed E-state index contributed by atoms with van der Waals surface area (Å²) >= 11 is 0. The minimum atomic E-state index is -1.04. The summed E-state index contributed by atoms with van der Waals surface area (Å²) < 4.78 is 17.3. The number of amides is 1. The summed E-state index contributed by atoms with van der Waals surface area (Å²) in [4.78, 5) is 39.5. The fraction of sp³-hybridized carbons (Fsp3) is 0.318. The highest BCUT2D eigenvalue weighted by atomic mass is 16.6. The fourth-order valence-corrected chi connectivity index (χ4v) is 4.48. The van der Waals surface area contributed by atoms with E-state index in [9.17, 15) is 14.4 Å². The van der Waals surface area contributed by atoms with Gasteiger partial charge in [0.15, 0.2) is 17.8 Å². The first kappa shape index (κ1) is 17.9. The maximum Gasteiger partial charge on any atom is 0.338 e. The Kier molecular flexibility index (Phi) is 4.13. The molecule has 7 nitrogen and oxygen atoms in total. The molecule has 5 rings (SSSR count). The van der Waals surface area contributed by atoms with Crippen molar-refractivity contribution in [2.75, 3.05) is 13.2 Å². The van der Waals surface area contributed by atoms with E-state index in [0.717, 1.165) is 0 Å². The maximum absolute atomic E-state index is 13.1. The molecule has 29 heavy (non-hydrogen) atoms. The van der Waals surface area contributed by atoms with Crippen molar-refractivity contribution in [1.82, 2.24) is 4.90 Å². The molecule has 3 fully saturated rings. The van der Waals surface area contributed by atoms with E-state index in [-0.39, 0.29) is 25.5 Å². The Hall–Kier alpha value is -3.19. The second kappa shape index (κ2) is 6.70. The molecular formula is C22H19NO6. The predicted octanol–water partition coefficient (Wildman–Crippen LogP) is 1.82. The molecule has 4 atom stereocenters. The Bertz CT molecular complexity index is 962. The third-order valence-electron chi connectivity index (χ3n) is 5.88. The Balaban J connectivity index is 1.47. The van der Waals surface area contributed by atoms with E-state index < -0.39 is 35.8 Å². The number of piperidine rings is 1. The van der Waals surface area contributed by atoms with E-state index in [0.29, 0.717) is 11.1 Å². The lowest BCUT2D eigenvalue weighted by Crippen LogP contribution is -2.64. The lowest BCUT2D eigenvalue weighted by Gasteiger charge is -2.43. The fourth-order valence-electron chi connectivity index (χ4n) is 4.48. The van der Waals surface area contributed by atoms with E-state index in [2.05, 4.69) is 0 Å². The number of carbonyl (C=O) groups is 3. The molecule has 0 aliphatic carbocycles. The van der Waals surface area contributed by atoms with E-state index >= 15 is 0 Å². The smallest absolute Gasteiger partial charge is 0.338 e. The Morgan fingerprint density at radius 3 is 2.34 bits per heavy atom. The third kappa shape index (κ3) is 2.81. The summed E-state index contributed by atoms with van der Waals surface area (Å²) in [6.45, 7) is 0.375. The number of likely N-dealkylation sites (tertiary alicyclic amines) is 1. The van der Waals surface area contributed by atoms with Crippen LogP contribution in [0.3, 0.4) is 0 Å². The number of benzene rings is 2. The van der Waals surface area contributed by atoms with Gasteiger partial charge in [0.25, 0.3) is 5.91 Å². The number of nitrogens with zero attached hydrogens (tertiary/aromatic N) is 1. The van der Waals surface area contributed by atoms with Crippen LogP contribution in [0.5, 0.6) is 0 Å². The van der Waals surface area contributed by atoms with Gasteiger partial charge in [0.2, 0.25) is 0 Å². The molecular weight excluding hydrogens is 374 g/mol. The molecule has 0 saturated carbocycles. The summed E-state index contributed by atoms with van der Waals surface area (Å²) in [6, 6.07) is 17.1. The highest BCUT2D eigenvalue weighted by molar-refractivity contribution is 5.95. The largest absolute Gasteiger partial charge is 0.457 e. The number of hydrogen-bond donors (Lipinski definition) is 0. The molecule has 0 N–H and O–H groups in total. The summed E-state index contributed by atoms with van der Waals surface area (Å²) in [5.41, 5.74) is -0.129. The maximum atomic E-state index is 13.1. The van der Waals surface area contributed by atoms with Crippen LogP contribution in [-0.4, -0.2) is 59.7 Å². The van der Waals surface area contributed by atoms with Crippen molar-refractivity contribution in [3.8, 4) is 0 Å². The Morgan fingerprint density at radius 2 is 1.66 bits per heavy atom. The van der Waals surface area contributed by atoms with Crippen LogP contribution in [-0.2, 0) is 19.0 Å². The van der Waals surface area contributed by atoms with Crippen molar-refractivity contribution in [2.45, 2.75) is 30.3 Å². The molecule has 2 aromatic rings. The number of esters is 2. The minimum absolute atomic E-state index is 0.00820. The van der Waals surface area contributed by atoms with Gasteiger partial charge in [-0.2, -0.15) is 0 Å². The van der Waals surface area contributed by atoms with Crippen molar-refractivity contribution < 1.29 is 28.6 Å². The van der Waals surface area contributed by atoms with Crippen LogP contribution in [0.25, 0.3) is 0 Å². The molecule has 3 saturated heterocycles. The van der Waals surface area contributed by atoms with Gasteiger partial charge in [0, 0.05) is 5.56 Å². The van der Waals surface area contributed by atoms with Crippen LogP contribution in [0.4, 0.5) is 0 Å². The van der Waals surface area contributed by atoms with Gasteiger partial charge < -0.3 is 19.1 Å². The first-order valence-electron chi connectivity index (χ1n) is 9.54. The normalized spacial score (nSPS) is 29.9. The van der Waals surface area contributed by atoms with Gasteiger partial charge in [-0.05, 0) is 24.3 Å². The van der Waals surface area contributed by atoms with E-state index in [1.54, 1.807) is 59.5 Å². The first-order chi connectivity index (χ1) is 14.1. The second-order valence-electron chi connectivity index (χ2n) is 7.50. The second-order valence-corrected chi connectivity index (χ2v) is 7.50. The highest BCUT2D eigenvalue weighted by Crippen LogP contribution is 2.47. The Labute approximate surface area is 167 Å². The zero-order chi connectivity index (χ0) is 20.0. The molecule has 3 aliphatic heterocycles. The quantitative estimate of drug-likeness (QED) is 0.740. The van der Waals surface area contributed by atoms with Gasteiger partial charge in [-0.1, -0.05) is 36.4 Å². The minimum Gasteiger partial charge on any atom is -0.457 e. The monoisotopic (exact) mass is 393 g/mol. The molecule has 0 spiro atoms. The summed E-state index contributed by atoms with van der Waals surface area (Å²) in [6.07, 6.45) is -1.45. The first-order valence-corrected chi connectivity index (χ1v) is 9.54. The average Bonchev–Trinajstić information content (AvgIpc) is 3.22. The van der Waals surface area contributed by atoms with Crippen LogP contribution >= 0.6 is 0 Å². The molecule has 3 heterocycles. The van der Waals surface area contributed by atoms with Gasteiger partial charge in [-0.3, -0.25) is 9.59 Å². The topological polar surface area (TPSA) is 82.1 Å². The van der Waals surface area contributed by atoms with Crippen LogP contribution in [0, 0.1) is 0 Å². The molecule has 2 bridgehead atoms. The van der Waals surface area contributed by atoms with Crippen molar-refractivity contribution in [2.24, 2.45) is 0 Å². The van der Waals surface area contributed by atoms with E-state index in [4.69, 9.17) is 14.2 Å². The molecule has 1 amide bonds. The van der Waals surface area contributed by atoms with Gasteiger partial charge in [0.1, 0.15) is 0 Å². The van der Waals surface area contributed by atoms with Gasteiger partial charge in [0.05, 0.1) is 31.2 Å². The SMILES string of the molecule is O=C1C[C@]23OC[C@H]([C@H]2O1)N(C(=O)c1ccccc1)C[C@@H]3OC(=O)c1ccccc1. The summed E-state index contributed by atoms with van der Waals surface area (Å²) in [7, 11) is 0. The molecule has 7 heteroatoms. The molecule has 148 valence electrons. The van der Waals surface area contributed by atoms with Crippen molar-refractivity contribution in [1.29, 1.82) is 0 Å². The number of ether oxygens (including phenoxy) is 3. The van der Waals surface area contributed by atoms with Crippen LogP contribution in [0.2, 0.25) is 0 Å². The van der Waals surface area contributed by atoms with Gasteiger partial charge >= 0.3 is 11.9 Å². The lowest BCUT2D eigenvalue weighted by molar-refractivity contribution is -0.147. The van der Waals surface area contributed by atoms with Gasteiger partial charge in [-0.25, -0.2) is 4.79 Å². The number of carbonyl (C=O) groups excluding carboxylic acids is 3. The molecule has 2 aromatic carbocycles. The third-order valence-corrected chi connectivity index (χ3v) is 5.88. The van der Waals surface area contributed by atoms with E-state index in [1.807, 2.05) is 6.07 Å². The van der Waals surface area contributed by atoms with Crippen LogP contribution in [0.15, 0.2) is 60.7 Å². The van der Waals surface area contributed by atoms with Crippen LogP contribution < -0.4 is 0 Å². The number of hydrogen-bond acceptors (Lipinski definition) is 6. The Morgan fingerprint density at radius 1 is 1.00 bits per heavy atom. The molecule has 0 unspecified atom stereocenters. The molecule has 3 aliphatic rings. The zero-order valence-electron chi connectivity index (χ0n) is 15.5. The standard InChI is InChI=1S/C22H19NO6/c24-18-11-22-17(28-21(26)15-9-5-2-6-10-15)12-23(16(13-27-22)19(22)29-18)20(25)14-7-3-1-4-8-14/h1-10,16-17,19H,11-13H2/t16-,17+,19-,22-/m1/s1. The highest BCUT2D eigenvalue weighted by Gasteiger charge is 2.68.